The molecule has 0 fully saturated rings. The Morgan fingerprint density at radius 2 is 1.83 bits per heavy atom. The molecule has 0 unspecified atom stereocenters. The van der Waals surface area contributed by atoms with Crippen molar-refractivity contribution in [3.05, 3.63) is 86.2 Å². The van der Waals surface area contributed by atoms with Crippen LogP contribution < -0.4 is 20.5 Å². The summed E-state index contributed by atoms with van der Waals surface area (Å²) in [6, 6.07) is 17.8. The van der Waals surface area contributed by atoms with Crippen LogP contribution >= 0.6 is 15.9 Å². The number of hydrogen-bond donors (Lipinski definition) is 3. The van der Waals surface area contributed by atoms with Gasteiger partial charge in [-0.25, -0.2) is 4.79 Å². The first-order valence-corrected chi connectivity index (χ1v) is 10.3. The fourth-order valence-corrected chi connectivity index (χ4v) is 3.75. The summed E-state index contributed by atoms with van der Waals surface area (Å²) in [5.74, 6) is 1.36. The number of hydrogen-bond acceptors (Lipinski definition) is 4. The van der Waals surface area contributed by atoms with Gasteiger partial charge >= 0.3 is 5.69 Å². The molecule has 3 N–H and O–H groups in total. The van der Waals surface area contributed by atoms with Crippen LogP contribution in [0.2, 0.25) is 0 Å². The zero-order valence-corrected chi connectivity index (χ0v) is 18.3. The van der Waals surface area contributed by atoms with E-state index in [9.17, 15) is 4.79 Å². The van der Waals surface area contributed by atoms with Gasteiger partial charge in [0.1, 0.15) is 6.61 Å². The molecule has 0 aliphatic carbocycles. The number of fused-ring (bicyclic) bond motifs is 1. The highest BCUT2D eigenvalue weighted by molar-refractivity contribution is 9.10. The number of nitrogens with one attached hydrogen (secondary N) is 3. The summed E-state index contributed by atoms with van der Waals surface area (Å²) in [6.07, 6.45) is 0. The molecule has 4 rings (SSSR count). The van der Waals surface area contributed by atoms with E-state index in [1.165, 1.54) is 5.56 Å². The summed E-state index contributed by atoms with van der Waals surface area (Å²) in [7, 11) is 1.64. The average molecular weight is 468 g/mol. The molecule has 0 saturated carbocycles. The van der Waals surface area contributed by atoms with Crippen molar-refractivity contribution in [1.82, 2.24) is 9.97 Å². The molecule has 4 aromatic rings. The van der Waals surface area contributed by atoms with E-state index in [2.05, 4.69) is 50.3 Å². The van der Waals surface area contributed by atoms with Gasteiger partial charge in [0.05, 0.1) is 18.1 Å². The SMILES string of the molecule is COc1cc(CNc2ccc3[nH]c(=O)[nH]c3c2)c(Br)cc1OCc1cccc(C)c1. The number of benzene rings is 3. The lowest BCUT2D eigenvalue weighted by atomic mass is 10.1. The van der Waals surface area contributed by atoms with Crippen LogP contribution in [0.1, 0.15) is 16.7 Å². The Labute approximate surface area is 182 Å². The number of rotatable bonds is 7. The van der Waals surface area contributed by atoms with Gasteiger partial charge in [-0.15, -0.1) is 0 Å². The second kappa shape index (κ2) is 8.67. The molecule has 30 heavy (non-hydrogen) atoms. The molecule has 1 aromatic heterocycles. The molecule has 0 amide bonds. The van der Waals surface area contributed by atoms with Crippen LogP contribution in [0.25, 0.3) is 11.0 Å². The van der Waals surface area contributed by atoms with Crippen molar-refractivity contribution < 1.29 is 9.47 Å². The van der Waals surface area contributed by atoms with Crippen molar-refractivity contribution in [3.63, 3.8) is 0 Å². The van der Waals surface area contributed by atoms with Crippen LogP contribution in [0.15, 0.2) is 63.9 Å². The average Bonchev–Trinajstić information content (AvgIpc) is 3.10. The number of H-pyrrole nitrogens is 2. The quantitative estimate of drug-likeness (QED) is 0.352. The van der Waals surface area contributed by atoms with E-state index < -0.39 is 0 Å². The van der Waals surface area contributed by atoms with E-state index in [-0.39, 0.29) is 5.69 Å². The monoisotopic (exact) mass is 467 g/mol. The second-order valence-electron chi connectivity index (χ2n) is 7.07. The van der Waals surface area contributed by atoms with Crippen molar-refractivity contribution in [2.24, 2.45) is 0 Å². The molecule has 0 radical (unpaired) electrons. The predicted octanol–water partition coefficient (Wildman–Crippen LogP) is 5.13. The number of methoxy groups -OCH3 is 1. The second-order valence-corrected chi connectivity index (χ2v) is 7.92. The summed E-state index contributed by atoms with van der Waals surface area (Å²) in [6.45, 7) is 3.11. The van der Waals surface area contributed by atoms with Crippen molar-refractivity contribution >= 4 is 32.7 Å². The Morgan fingerprint density at radius 1 is 1.00 bits per heavy atom. The number of ether oxygens (including phenoxy) is 2. The Kier molecular flexibility index (Phi) is 5.81. The van der Waals surface area contributed by atoms with Gasteiger partial charge in [-0.05, 0) is 48.4 Å². The van der Waals surface area contributed by atoms with Crippen molar-refractivity contribution in [2.45, 2.75) is 20.1 Å². The number of aromatic nitrogens is 2. The van der Waals surface area contributed by atoms with Crippen LogP contribution in [0.5, 0.6) is 11.5 Å². The molecular formula is C23H22BrN3O3. The Hall–Kier alpha value is -3.19. The molecule has 0 bridgehead atoms. The zero-order chi connectivity index (χ0) is 21.1. The summed E-state index contributed by atoms with van der Waals surface area (Å²) >= 11 is 3.64. The van der Waals surface area contributed by atoms with E-state index in [0.29, 0.717) is 24.7 Å². The van der Waals surface area contributed by atoms with Crippen LogP contribution in [0.4, 0.5) is 5.69 Å². The fourth-order valence-electron chi connectivity index (χ4n) is 3.29. The lowest BCUT2D eigenvalue weighted by Crippen LogP contribution is -2.03. The lowest BCUT2D eigenvalue weighted by Gasteiger charge is -2.15. The van der Waals surface area contributed by atoms with Crippen molar-refractivity contribution in [3.8, 4) is 11.5 Å². The minimum atomic E-state index is -0.212. The third-order valence-electron chi connectivity index (χ3n) is 4.81. The van der Waals surface area contributed by atoms with Gasteiger partial charge in [-0.1, -0.05) is 45.8 Å². The van der Waals surface area contributed by atoms with Gasteiger partial charge in [0, 0.05) is 16.7 Å². The molecule has 0 saturated heterocycles. The first-order chi connectivity index (χ1) is 14.5. The number of aryl methyl sites for hydroxylation is 1. The third kappa shape index (κ3) is 4.52. The Balaban J connectivity index is 1.48. The van der Waals surface area contributed by atoms with Gasteiger partial charge in [0.2, 0.25) is 0 Å². The highest BCUT2D eigenvalue weighted by atomic mass is 79.9. The van der Waals surface area contributed by atoms with E-state index in [4.69, 9.17) is 9.47 Å². The molecule has 0 aliphatic rings. The van der Waals surface area contributed by atoms with Crippen LogP contribution in [-0.4, -0.2) is 17.1 Å². The molecule has 0 atom stereocenters. The van der Waals surface area contributed by atoms with E-state index in [1.807, 2.05) is 42.5 Å². The molecular weight excluding hydrogens is 446 g/mol. The first-order valence-electron chi connectivity index (χ1n) is 9.52. The van der Waals surface area contributed by atoms with Crippen LogP contribution in [0.3, 0.4) is 0 Å². The minimum absolute atomic E-state index is 0.212. The van der Waals surface area contributed by atoms with E-state index >= 15 is 0 Å². The molecule has 0 spiro atoms. The summed E-state index contributed by atoms with van der Waals surface area (Å²) in [4.78, 5) is 16.9. The predicted molar refractivity (Wildman–Crippen MR) is 122 cm³/mol. The number of halogens is 1. The fraction of sp³-hybridized carbons (Fsp3) is 0.174. The van der Waals surface area contributed by atoms with Crippen LogP contribution in [0, 0.1) is 6.92 Å². The highest BCUT2D eigenvalue weighted by Crippen LogP contribution is 2.34. The topological polar surface area (TPSA) is 79.1 Å². The lowest BCUT2D eigenvalue weighted by molar-refractivity contribution is 0.284. The molecule has 1 heterocycles. The molecule has 3 aromatic carbocycles. The largest absolute Gasteiger partial charge is 0.493 e. The first kappa shape index (κ1) is 20.1. The minimum Gasteiger partial charge on any atom is -0.493 e. The maximum atomic E-state index is 11.4. The third-order valence-corrected chi connectivity index (χ3v) is 5.55. The van der Waals surface area contributed by atoms with Gasteiger partial charge in [-0.2, -0.15) is 0 Å². The normalized spacial score (nSPS) is 10.9. The maximum Gasteiger partial charge on any atom is 0.323 e. The van der Waals surface area contributed by atoms with Gasteiger partial charge in [0.15, 0.2) is 11.5 Å². The van der Waals surface area contributed by atoms with Crippen molar-refractivity contribution in [2.75, 3.05) is 12.4 Å². The van der Waals surface area contributed by atoms with E-state index in [0.717, 1.165) is 32.3 Å². The molecule has 7 heteroatoms. The number of anilines is 1. The van der Waals surface area contributed by atoms with Crippen LogP contribution in [-0.2, 0) is 13.2 Å². The molecule has 6 nitrogen and oxygen atoms in total. The van der Waals surface area contributed by atoms with E-state index in [1.54, 1.807) is 7.11 Å². The molecule has 154 valence electrons. The summed E-state index contributed by atoms with van der Waals surface area (Å²) in [5, 5.41) is 3.38. The number of aromatic amines is 2. The maximum absolute atomic E-state index is 11.4. The summed E-state index contributed by atoms with van der Waals surface area (Å²) < 4.78 is 12.5. The van der Waals surface area contributed by atoms with Gasteiger partial charge < -0.3 is 24.8 Å². The Bertz CT molecular complexity index is 1250. The zero-order valence-electron chi connectivity index (χ0n) is 16.7. The van der Waals surface area contributed by atoms with Crippen molar-refractivity contribution in [1.29, 1.82) is 0 Å². The molecule has 0 aliphatic heterocycles. The highest BCUT2D eigenvalue weighted by Gasteiger charge is 2.11. The van der Waals surface area contributed by atoms with Gasteiger partial charge in [-0.3, -0.25) is 0 Å². The smallest absolute Gasteiger partial charge is 0.323 e. The standard InChI is InChI=1S/C23H22BrN3O3/c1-14-4-3-5-15(8-14)13-30-22-11-18(24)16(9-21(22)29-2)12-25-17-6-7-19-20(10-17)27-23(28)26-19/h3-11,25H,12-13H2,1-2H3,(H2,26,27,28). The van der Waals surface area contributed by atoms with Gasteiger partial charge in [0.25, 0.3) is 0 Å². The number of imidazole rings is 1. The Morgan fingerprint density at radius 3 is 2.63 bits per heavy atom. The summed E-state index contributed by atoms with van der Waals surface area (Å²) in [5.41, 5.74) is 5.58.